The lowest BCUT2D eigenvalue weighted by atomic mass is 10.2. The Morgan fingerprint density at radius 1 is 1.12 bits per heavy atom. The van der Waals surface area contributed by atoms with Crippen LogP contribution in [0.3, 0.4) is 0 Å². The van der Waals surface area contributed by atoms with Gasteiger partial charge in [0.15, 0.2) is 0 Å². The topological polar surface area (TPSA) is 68.5 Å². The van der Waals surface area contributed by atoms with Gasteiger partial charge in [0.05, 0.1) is 12.4 Å². The molecular weight excluding hydrogens is 306 g/mol. The van der Waals surface area contributed by atoms with Gasteiger partial charge in [0, 0.05) is 12.2 Å². The minimum absolute atomic E-state index is 0.0151. The first-order valence-electron chi connectivity index (χ1n) is 7.55. The lowest BCUT2D eigenvalue weighted by Crippen LogP contribution is -2.28. The van der Waals surface area contributed by atoms with Crippen molar-refractivity contribution in [3.05, 3.63) is 71.8 Å². The van der Waals surface area contributed by atoms with Crippen molar-refractivity contribution in [2.75, 3.05) is 0 Å². The van der Waals surface area contributed by atoms with E-state index in [0.29, 0.717) is 5.76 Å². The Morgan fingerprint density at radius 2 is 1.88 bits per heavy atom. The molecule has 5 heteroatoms. The highest BCUT2D eigenvalue weighted by Crippen LogP contribution is 2.09. The molecule has 0 bridgehead atoms. The van der Waals surface area contributed by atoms with Gasteiger partial charge in [-0.1, -0.05) is 30.3 Å². The summed E-state index contributed by atoms with van der Waals surface area (Å²) < 4.78 is 10.3. The van der Waals surface area contributed by atoms with E-state index in [1.165, 1.54) is 18.4 Å². The molecule has 2 rings (SSSR count). The lowest BCUT2D eigenvalue weighted by Gasteiger charge is -2.11. The van der Waals surface area contributed by atoms with E-state index in [9.17, 15) is 9.59 Å². The Hall–Kier alpha value is -3.08. The Bertz CT molecular complexity index is 728. The van der Waals surface area contributed by atoms with Crippen LogP contribution in [0.15, 0.2) is 64.9 Å². The van der Waals surface area contributed by atoms with E-state index in [4.69, 9.17) is 9.15 Å². The summed E-state index contributed by atoms with van der Waals surface area (Å²) in [6.07, 6.45) is 5.63. The third-order valence-electron chi connectivity index (χ3n) is 2.88. The minimum atomic E-state index is -0.622. The number of carbonyl (C=O) groups is 2. The van der Waals surface area contributed by atoms with E-state index in [0.717, 1.165) is 5.56 Å². The van der Waals surface area contributed by atoms with Crippen LogP contribution in [0.1, 0.15) is 25.2 Å². The SMILES string of the molecule is CC(C)OC(=O)/C(=C\c1ccco1)NC(=O)/C=C/c1ccccc1. The van der Waals surface area contributed by atoms with Crippen molar-refractivity contribution < 1.29 is 18.7 Å². The molecule has 0 saturated heterocycles. The van der Waals surface area contributed by atoms with Crippen molar-refractivity contribution in [3.63, 3.8) is 0 Å². The zero-order valence-electron chi connectivity index (χ0n) is 13.6. The molecule has 0 aliphatic heterocycles. The van der Waals surface area contributed by atoms with E-state index in [1.807, 2.05) is 30.3 Å². The van der Waals surface area contributed by atoms with Crippen LogP contribution in [0.2, 0.25) is 0 Å². The third-order valence-corrected chi connectivity index (χ3v) is 2.88. The van der Waals surface area contributed by atoms with Gasteiger partial charge in [-0.2, -0.15) is 0 Å². The van der Waals surface area contributed by atoms with Crippen LogP contribution in [-0.4, -0.2) is 18.0 Å². The molecule has 0 spiro atoms. The van der Waals surface area contributed by atoms with Gasteiger partial charge in [0.2, 0.25) is 5.91 Å². The highest BCUT2D eigenvalue weighted by atomic mass is 16.5. The van der Waals surface area contributed by atoms with Crippen LogP contribution >= 0.6 is 0 Å². The van der Waals surface area contributed by atoms with Crippen LogP contribution in [0.4, 0.5) is 0 Å². The molecule has 0 aliphatic carbocycles. The summed E-state index contributed by atoms with van der Waals surface area (Å²) in [7, 11) is 0. The number of hydrogen-bond acceptors (Lipinski definition) is 4. The average Bonchev–Trinajstić information content (AvgIpc) is 3.06. The van der Waals surface area contributed by atoms with Crippen LogP contribution in [-0.2, 0) is 14.3 Å². The van der Waals surface area contributed by atoms with Gasteiger partial charge in [-0.25, -0.2) is 4.79 Å². The number of amides is 1. The summed E-state index contributed by atoms with van der Waals surface area (Å²) >= 11 is 0. The van der Waals surface area contributed by atoms with Crippen molar-refractivity contribution in [1.82, 2.24) is 5.32 Å². The Kier molecular flexibility index (Phi) is 6.14. The molecule has 0 radical (unpaired) electrons. The van der Waals surface area contributed by atoms with Gasteiger partial charge < -0.3 is 14.5 Å². The highest BCUT2D eigenvalue weighted by Gasteiger charge is 2.15. The van der Waals surface area contributed by atoms with Gasteiger partial charge in [0.25, 0.3) is 0 Å². The first-order valence-corrected chi connectivity index (χ1v) is 7.55. The zero-order valence-corrected chi connectivity index (χ0v) is 13.6. The second-order valence-electron chi connectivity index (χ2n) is 5.26. The fraction of sp³-hybridized carbons (Fsp3) is 0.158. The largest absolute Gasteiger partial charge is 0.465 e. The number of ether oxygens (including phenoxy) is 1. The van der Waals surface area contributed by atoms with Gasteiger partial charge in [-0.3, -0.25) is 4.79 Å². The van der Waals surface area contributed by atoms with Crippen molar-refractivity contribution in [2.45, 2.75) is 20.0 Å². The standard InChI is InChI=1S/C19H19NO4/c1-14(2)24-19(22)17(13-16-9-6-12-23-16)20-18(21)11-10-15-7-4-3-5-8-15/h3-14H,1-2H3,(H,20,21)/b11-10+,17-13+. The smallest absolute Gasteiger partial charge is 0.355 e. The number of rotatable bonds is 6. The fourth-order valence-corrected chi connectivity index (χ4v) is 1.85. The molecule has 0 unspecified atom stereocenters. The minimum Gasteiger partial charge on any atom is -0.465 e. The second kappa shape index (κ2) is 8.53. The zero-order chi connectivity index (χ0) is 17.4. The van der Waals surface area contributed by atoms with Crippen LogP contribution in [0, 0.1) is 0 Å². The molecule has 0 saturated carbocycles. The molecular formula is C19H19NO4. The van der Waals surface area contributed by atoms with Crippen molar-refractivity contribution >= 4 is 24.0 Å². The summed E-state index contributed by atoms with van der Waals surface area (Å²) in [5, 5.41) is 2.53. The Balaban J connectivity index is 2.11. The molecule has 1 amide bonds. The molecule has 5 nitrogen and oxygen atoms in total. The number of carbonyl (C=O) groups excluding carboxylic acids is 2. The molecule has 1 aromatic carbocycles. The molecule has 124 valence electrons. The number of hydrogen-bond donors (Lipinski definition) is 1. The number of nitrogens with one attached hydrogen (secondary N) is 1. The predicted octanol–water partition coefficient (Wildman–Crippen LogP) is 3.40. The molecule has 1 N–H and O–H groups in total. The monoisotopic (exact) mass is 325 g/mol. The lowest BCUT2D eigenvalue weighted by molar-refractivity contribution is -0.143. The van der Waals surface area contributed by atoms with Crippen LogP contribution in [0.5, 0.6) is 0 Å². The van der Waals surface area contributed by atoms with Gasteiger partial charge in [-0.05, 0) is 37.6 Å². The van der Waals surface area contributed by atoms with Gasteiger partial charge in [0.1, 0.15) is 11.5 Å². The molecule has 0 fully saturated rings. The number of benzene rings is 1. The van der Waals surface area contributed by atoms with E-state index < -0.39 is 11.9 Å². The highest BCUT2D eigenvalue weighted by molar-refractivity contribution is 6.01. The normalized spacial score (nSPS) is 11.7. The number of esters is 1. The van der Waals surface area contributed by atoms with Crippen molar-refractivity contribution in [2.24, 2.45) is 0 Å². The fourth-order valence-electron chi connectivity index (χ4n) is 1.85. The second-order valence-corrected chi connectivity index (χ2v) is 5.26. The average molecular weight is 325 g/mol. The molecule has 1 aromatic heterocycles. The number of furan rings is 1. The summed E-state index contributed by atoms with van der Waals surface area (Å²) in [5.74, 6) is -0.613. The predicted molar refractivity (Wildman–Crippen MR) is 91.5 cm³/mol. The van der Waals surface area contributed by atoms with Crippen LogP contribution < -0.4 is 5.32 Å². The van der Waals surface area contributed by atoms with Crippen molar-refractivity contribution in [3.8, 4) is 0 Å². The van der Waals surface area contributed by atoms with Gasteiger partial charge in [-0.15, -0.1) is 0 Å². The molecule has 24 heavy (non-hydrogen) atoms. The maximum atomic E-state index is 12.1. The van der Waals surface area contributed by atoms with E-state index in [1.54, 1.807) is 32.1 Å². The Labute approximate surface area is 140 Å². The molecule has 0 aliphatic rings. The maximum Gasteiger partial charge on any atom is 0.355 e. The molecule has 1 heterocycles. The summed E-state index contributed by atoms with van der Waals surface area (Å²) in [6, 6.07) is 12.7. The van der Waals surface area contributed by atoms with Crippen LogP contribution in [0.25, 0.3) is 12.2 Å². The van der Waals surface area contributed by atoms with Crippen molar-refractivity contribution in [1.29, 1.82) is 0 Å². The summed E-state index contributed by atoms with van der Waals surface area (Å²) in [6.45, 7) is 3.47. The summed E-state index contributed by atoms with van der Waals surface area (Å²) in [4.78, 5) is 24.2. The van der Waals surface area contributed by atoms with E-state index in [-0.39, 0.29) is 11.8 Å². The maximum absolute atomic E-state index is 12.1. The van der Waals surface area contributed by atoms with E-state index >= 15 is 0 Å². The quantitative estimate of drug-likeness (QED) is 0.653. The van der Waals surface area contributed by atoms with Gasteiger partial charge >= 0.3 is 5.97 Å². The molecule has 2 aromatic rings. The Morgan fingerprint density at radius 3 is 2.50 bits per heavy atom. The summed E-state index contributed by atoms with van der Waals surface area (Å²) in [5.41, 5.74) is 0.898. The third kappa shape index (κ3) is 5.61. The van der Waals surface area contributed by atoms with E-state index in [2.05, 4.69) is 5.32 Å². The molecule has 0 atom stereocenters. The first kappa shape index (κ1) is 17.3. The first-order chi connectivity index (χ1) is 11.5.